The molecule has 0 amide bonds. The van der Waals surface area contributed by atoms with Gasteiger partial charge >= 0.3 is 0 Å². The molecule has 1 saturated heterocycles. The summed E-state index contributed by atoms with van der Waals surface area (Å²) in [5.41, 5.74) is 7.33. The van der Waals surface area contributed by atoms with E-state index in [0.717, 1.165) is 29.9 Å². The summed E-state index contributed by atoms with van der Waals surface area (Å²) in [6.07, 6.45) is 2.54. The van der Waals surface area contributed by atoms with Crippen molar-refractivity contribution in [1.82, 2.24) is 0 Å². The van der Waals surface area contributed by atoms with Gasteiger partial charge in [0.25, 0.3) is 0 Å². The molecule has 4 heteroatoms. The minimum absolute atomic E-state index is 0.0919. The van der Waals surface area contributed by atoms with Crippen molar-refractivity contribution < 1.29 is 14.2 Å². The van der Waals surface area contributed by atoms with Gasteiger partial charge in [-0.3, -0.25) is 0 Å². The van der Waals surface area contributed by atoms with Crippen LogP contribution < -0.4 is 15.2 Å². The normalized spacial score (nSPS) is 28.1. The van der Waals surface area contributed by atoms with Crippen molar-refractivity contribution in [2.45, 2.75) is 38.0 Å². The van der Waals surface area contributed by atoms with Crippen molar-refractivity contribution in [2.24, 2.45) is 5.73 Å². The molecule has 2 aliphatic rings. The third-order valence-electron chi connectivity index (χ3n) is 3.62. The van der Waals surface area contributed by atoms with Gasteiger partial charge in [0.15, 0.2) is 11.5 Å². The van der Waals surface area contributed by atoms with Gasteiger partial charge in [-0.1, -0.05) is 6.07 Å². The minimum Gasteiger partial charge on any atom is -0.486 e. The molecule has 2 N–H and O–H groups in total. The van der Waals surface area contributed by atoms with Crippen molar-refractivity contribution in [3.05, 3.63) is 23.8 Å². The number of hydrogen-bond donors (Lipinski definition) is 1. The Balaban J connectivity index is 1.79. The van der Waals surface area contributed by atoms with Gasteiger partial charge in [0, 0.05) is 0 Å². The predicted octanol–water partition coefficient (Wildman–Crippen LogP) is 2.03. The molecule has 0 radical (unpaired) electrons. The second-order valence-electron chi connectivity index (χ2n) is 4.99. The Hall–Kier alpha value is -1.26. The molecule has 0 spiro atoms. The van der Waals surface area contributed by atoms with Crippen LogP contribution in [0.3, 0.4) is 0 Å². The smallest absolute Gasteiger partial charge is 0.161 e. The molecule has 1 fully saturated rings. The first-order valence-electron chi connectivity index (χ1n) is 6.54. The van der Waals surface area contributed by atoms with Crippen molar-refractivity contribution in [3.8, 4) is 11.5 Å². The molecule has 2 aliphatic heterocycles. The number of nitrogens with two attached hydrogens (primary N) is 1. The number of ether oxygens (including phenoxy) is 3. The Kier molecular flexibility index (Phi) is 3.14. The zero-order valence-corrected chi connectivity index (χ0v) is 10.6. The third-order valence-corrected chi connectivity index (χ3v) is 3.62. The average Bonchev–Trinajstić information content (AvgIpc) is 2.84. The van der Waals surface area contributed by atoms with Crippen LogP contribution in [0.25, 0.3) is 0 Å². The van der Waals surface area contributed by atoms with Gasteiger partial charge in [-0.05, 0) is 37.5 Å². The molecule has 0 aliphatic carbocycles. The topological polar surface area (TPSA) is 53.7 Å². The van der Waals surface area contributed by atoms with E-state index in [1.165, 1.54) is 0 Å². The molecule has 0 aromatic heterocycles. The average molecular weight is 249 g/mol. The van der Waals surface area contributed by atoms with Crippen LogP contribution in [0.4, 0.5) is 0 Å². The molecule has 4 nitrogen and oxygen atoms in total. The van der Waals surface area contributed by atoms with Crippen LogP contribution >= 0.6 is 0 Å². The first-order chi connectivity index (χ1) is 8.74. The monoisotopic (exact) mass is 249 g/mol. The molecule has 2 heterocycles. The van der Waals surface area contributed by atoms with E-state index in [0.29, 0.717) is 19.3 Å². The highest BCUT2D eigenvalue weighted by molar-refractivity contribution is 5.44. The summed E-state index contributed by atoms with van der Waals surface area (Å²) in [4.78, 5) is 0. The second kappa shape index (κ2) is 4.78. The molecule has 3 unspecified atom stereocenters. The molecule has 0 saturated carbocycles. The van der Waals surface area contributed by atoms with Crippen LogP contribution in [-0.4, -0.2) is 25.4 Å². The van der Waals surface area contributed by atoms with Gasteiger partial charge in [-0.2, -0.15) is 0 Å². The highest BCUT2D eigenvalue weighted by Crippen LogP contribution is 2.35. The summed E-state index contributed by atoms with van der Waals surface area (Å²) >= 11 is 0. The quantitative estimate of drug-likeness (QED) is 0.871. The maximum absolute atomic E-state index is 6.27. The largest absolute Gasteiger partial charge is 0.486 e. The van der Waals surface area contributed by atoms with E-state index in [1.807, 2.05) is 18.2 Å². The molecule has 3 atom stereocenters. The lowest BCUT2D eigenvalue weighted by atomic mass is 9.99. The molecular weight excluding hydrogens is 230 g/mol. The SMILES string of the molecule is CC1CCC(C(N)c2ccc3c(c2)OCCO3)O1. The van der Waals surface area contributed by atoms with E-state index in [1.54, 1.807) is 0 Å². The lowest BCUT2D eigenvalue weighted by Gasteiger charge is -2.23. The Morgan fingerprint density at radius 3 is 2.67 bits per heavy atom. The van der Waals surface area contributed by atoms with E-state index in [4.69, 9.17) is 19.9 Å². The van der Waals surface area contributed by atoms with Crippen LogP contribution in [0.5, 0.6) is 11.5 Å². The van der Waals surface area contributed by atoms with E-state index >= 15 is 0 Å². The van der Waals surface area contributed by atoms with Gasteiger partial charge in [-0.15, -0.1) is 0 Å². The van der Waals surface area contributed by atoms with Crippen LogP contribution in [0.1, 0.15) is 31.4 Å². The molecular formula is C14H19NO3. The molecule has 0 bridgehead atoms. The van der Waals surface area contributed by atoms with Gasteiger partial charge in [0.2, 0.25) is 0 Å². The Morgan fingerprint density at radius 1 is 1.17 bits per heavy atom. The zero-order valence-electron chi connectivity index (χ0n) is 10.6. The minimum atomic E-state index is -0.0919. The van der Waals surface area contributed by atoms with Gasteiger partial charge < -0.3 is 19.9 Å². The maximum Gasteiger partial charge on any atom is 0.161 e. The number of benzene rings is 1. The van der Waals surface area contributed by atoms with Crippen molar-refractivity contribution in [1.29, 1.82) is 0 Å². The van der Waals surface area contributed by atoms with Crippen LogP contribution in [0.2, 0.25) is 0 Å². The molecule has 3 rings (SSSR count). The molecule has 98 valence electrons. The van der Waals surface area contributed by atoms with Crippen molar-refractivity contribution in [2.75, 3.05) is 13.2 Å². The Morgan fingerprint density at radius 2 is 1.94 bits per heavy atom. The lowest BCUT2D eigenvalue weighted by molar-refractivity contribution is 0.0400. The van der Waals surface area contributed by atoms with E-state index in [-0.39, 0.29) is 12.1 Å². The summed E-state index contributed by atoms with van der Waals surface area (Å²) in [7, 11) is 0. The predicted molar refractivity (Wildman–Crippen MR) is 67.9 cm³/mol. The highest BCUT2D eigenvalue weighted by Gasteiger charge is 2.29. The number of fused-ring (bicyclic) bond motifs is 1. The Bertz CT molecular complexity index is 435. The third kappa shape index (κ3) is 2.18. The zero-order chi connectivity index (χ0) is 12.5. The summed E-state index contributed by atoms with van der Waals surface area (Å²) in [6.45, 7) is 3.31. The fourth-order valence-corrected chi connectivity index (χ4v) is 2.58. The number of hydrogen-bond acceptors (Lipinski definition) is 4. The lowest BCUT2D eigenvalue weighted by Crippen LogP contribution is -2.26. The van der Waals surface area contributed by atoms with Gasteiger partial charge in [-0.25, -0.2) is 0 Å². The molecule has 18 heavy (non-hydrogen) atoms. The maximum atomic E-state index is 6.27. The second-order valence-corrected chi connectivity index (χ2v) is 4.99. The van der Waals surface area contributed by atoms with E-state index in [9.17, 15) is 0 Å². The fraction of sp³-hybridized carbons (Fsp3) is 0.571. The first kappa shape index (κ1) is 11.8. The molecule has 1 aromatic rings. The van der Waals surface area contributed by atoms with Crippen LogP contribution in [-0.2, 0) is 4.74 Å². The summed E-state index contributed by atoms with van der Waals surface area (Å²) < 4.78 is 16.9. The first-order valence-corrected chi connectivity index (χ1v) is 6.54. The van der Waals surface area contributed by atoms with Gasteiger partial charge in [0.1, 0.15) is 13.2 Å². The Labute approximate surface area is 107 Å². The molecule has 1 aromatic carbocycles. The van der Waals surface area contributed by atoms with Crippen molar-refractivity contribution >= 4 is 0 Å². The summed E-state index contributed by atoms with van der Waals surface area (Å²) in [6, 6.07) is 5.82. The standard InChI is InChI=1S/C14H19NO3/c1-9-2-4-12(18-9)14(15)10-3-5-11-13(8-10)17-7-6-16-11/h3,5,8-9,12,14H,2,4,6-7,15H2,1H3. The number of rotatable bonds is 2. The fourth-order valence-electron chi connectivity index (χ4n) is 2.58. The van der Waals surface area contributed by atoms with Crippen LogP contribution in [0.15, 0.2) is 18.2 Å². The van der Waals surface area contributed by atoms with E-state index in [2.05, 4.69) is 6.92 Å². The van der Waals surface area contributed by atoms with E-state index < -0.39 is 0 Å². The highest BCUT2D eigenvalue weighted by atomic mass is 16.6. The summed E-state index contributed by atoms with van der Waals surface area (Å²) in [5.74, 6) is 1.60. The van der Waals surface area contributed by atoms with Crippen LogP contribution in [0, 0.1) is 0 Å². The summed E-state index contributed by atoms with van der Waals surface area (Å²) in [5, 5.41) is 0. The van der Waals surface area contributed by atoms with Gasteiger partial charge in [0.05, 0.1) is 18.2 Å². The van der Waals surface area contributed by atoms with Crippen molar-refractivity contribution in [3.63, 3.8) is 0 Å².